The highest BCUT2D eigenvalue weighted by atomic mass is 16.5. The second-order valence-electron chi connectivity index (χ2n) is 4.57. The zero-order chi connectivity index (χ0) is 12.8. The van der Waals surface area contributed by atoms with Gasteiger partial charge in [-0.05, 0) is 6.07 Å². The van der Waals surface area contributed by atoms with Gasteiger partial charge in [0.1, 0.15) is 5.75 Å². The predicted octanol–water partition coefficient (Wildman–Crippen LogP) is 1.17. The lowest BCUT2D eigenvalue weighted by molar-refractivity contribution is 0.0219. The Kier molecular flexibility index (Phi) is 2.26. The maximum absolute atomic E-state index is 12.3. The molecule has 3 heterocycles. The predicted molar refractivity (Wildman–Crippen MR) is 60.8 cm³/mol. The smallest absolute Gasteiger partial charge is 0.407 e. The van der Waals surface area contributed by atoms with Crippen molar-refractivity contribution in [3.63, 3.8) is 0 Å². The van der Waals surface area contributed by atoms with Crippen LogP contribution >= 0.6 is 0 Å². The number of carboxylic acid groups (broad SMARTS) is 1. The first-order valence-corrected chi connectivity index (χ1v) is 5.78. The van der Waals surface area contributed by atoms with E-state index in [9.17, 15) is 9.59 Å². The van der Waals surface area contributed by atoms with Crippen molar-refractivity contribution in [3.8, 4) is 5.75 Å². The molecule has 3 rings (SSSR count). The van der Waals surface area contributed by atoms with Crippen molar-refractivity contribution in [2.24, 2.45) is 0 Å². The Morgan fingerprint density at radius 2 is 2.17 bits per heavy atom. The van der Waals surface area contributed by atoms with Gasteiger partial charge in [-0.2, -0.15) is 0 Å². The molecule has 1 spiro atoms. The highest BCUT2D eigenvalue weighted by Gasteiger charge is 2.50. The fraction of sp³-hybridized carbons (Fsp3) is 0.417. The number of ketones is 1. The highest BCUT2D eigenvalue weighted by molar-refractivity contribution is 6.07. The highest BCUT2D eigenvalue weighted by Crippen LogP contribution is 2.40. The number of piperidine rings is 1. The quantitative estimate of drug-likeness (QED) is 0.745. The molecule has 1 aromatic rings. The first-order chi connectivity index (χ1) is 8.62. The summed E-state index contributed by atoms with van der Waals surface area (Å²) < 4.78 is 5.74. The molecule has 2 aliphatic rings. The number of carbonyl (C=O) groups excluding carboxylic acids is 1. The van der Waals surface area contributed by atoms with Gasteiger partial charge in [0.05, 0.1) is 11.8 Å². The van der Waals surface area contributed by atoms with Gasteiger partial charge in [0.15, 0.2) is 5.60 Å². The van der Waals surface area contributed by atoms with Crippen LogP contribution in [0.25, 0.3) is 0 Å². The third-order valence-corrected chi connectivity index (χ3v) is 3.59. The fourth-order valence-corrected chi connectivity index (χ4v) is 2.54. The largest absolute Gasteiger partial charge is 0.477 e. The Balaban J connectivity index is 1.84. The van der Waals surface area contributed by atoms with Crippen molar-refractivity contribution in [2.45, 2.75) is 18.4 Å². The first kappa shape index (κ1) is 11.0. The third-order valence-electron chi connectivity index (χ3n) is 3.59. The number of aromatic nitrogens is 1. The van der Waals surface area contributed by atoms with Gasteiger partial charge in [0.25, 0.3) is 0 Å². The van der Waals surface area contributed by atoms with Gasteiger partial charge in [-0.1, -0.05) is 0 Å². The number of hydrogen-bond acceptors (Lipinski definition) is 4. The second kappa shape index (κ2) is 3.69. The van der Waals surface area contributed by atoms with E-state index in [-0.39, 0.29) is 5.78 Å². The number of amides is 1. The second-order valence-corrected chi connectivity index (χ2v) is 4.57. The van der Waals surface area contributed by atoms with Crippen LogP contribution in [-0.2, 0) is 0 Å². The minimum absolute atomic E-state index is 0.0510. The summed E-state index contributed by atoms with van der Waals surface area (Å²) in [5.41, 5.74) is -0.328. The maximum atomic E-state index is 12.3. The molecule has 1 fully saturated rings. The van der Waals surface area contributed by atoms with E-state index >= 15 is 0 Å². The lowest BCUT2D eigenvalue weighted by atomic mass is 9.86. The van der Waals surface area contributed by atoms with E-state index in [0.29, 0.717) is 37.2 Å². The van der Waals surface area contributed by atoms with Gasteiger partial charge in [0.2, 0.25) is 5.78 Å². The number of ether oxygens (including phenoxy) is 1. The van der Waals surface area contributed by atoms with E-state index in [1.807, 2.05) is 0 Å². The molecule has 0 saturated carbocycles. The topological polar surface area (TPSA) is 79.7 Å². The SMILES string of the molecule is O=C(O)N1CCC2(CC1)Oc1cnccc1C2=O. The number of likely N-dealkylation sites (tertiary alicyclic amines) is 1. The normalized spacial score (nSPS) is 20.7. The van der Waals surface area contributed by atoms with Crippen molar-refractivity contribution >= 4 is 11.9 Å². The zero-order valence-electron chi connectivity index (χ0n) is 9.63. The molecule has 18 heavy (non-hydrogen) atoms. The summed E-state index contributed by atoms with van der Waals surface area (Å²) in [4.78, 5) is 28.4. The molecule has 1 aromatic heterocycles. The van der Waals surface area contributed by atoms with E-state index in [1.165, 1.54) is 11.1 Å². The van der Waals surface area contributed by atoms with Gasteiger partial charge in [0, 0.05) is 32.1 Å². The number of pyridine rings is 1. The summed E-state index contributed by atoms with van der Waals surface area (Å²) in [5.74, 6) is 0.455. The van der Waals surface area contributed by atoms with Crippen molar-refractivity contribution < 1.29 is 19.4 Å². The molecule has 6 heteroatoms. The Morgan fingerprint density at radius 3 is 2.78 bits per heavy atom. The van der Waals surface area contributed by atoms with Crippen LogP contribution in [0, 0.1) is 0 Å². The van der Waals surface area contributed by atoms with Crippen LogP contribution < -0.4 is 4.74 Å². The van der Waals surface area contributed by atoms with E-state index in [4.69, 9.17) is 9.84 Å². The van der Waals surface area contributed by atoms with Crippen LogP contribution in [0.3, 0.4) is 0 Å². The minimum atomic E-state index is -0.950. The molecule has 1 amide bonds. The van der Waals surface area contributed by atoms with Crippen LogP contribution in [-0.4, -0.2) is 45.6 Å². The zero-order valence-corrected chi connectivity index (χ0v) is 9.63. The van der Waals surface area contributed by atoms with Crippen LogP contribution in [0.2, 0.25) is 0 Å². The molecule has 0 aliphatic carbocycles. The molecule has 1 N–H and O–H groups in total. The molecule has 2 aliphatic heterocycles. The number of hydrogen-bond donors (Lipinski definition) is 1. The van der Waals surface area contributed by atoms with E-state index < -0.39 is 11.7 Å². The van der Waals surface area contributed by atoms with Crippen molar-refractivity contribution in [3.05, 3.63) is 24.0 Å². The summed E-state index contributed by atoms with van der Waals surface area (Å²) in [6.45, 7) is 0.644. The molecule has 0 radical (unpaired) electrons. The number of rotatable bonds is 0. The lowest BCUT2D eigenvalue weighted by Gasteiger charge is -2.35. The maximum Gasteiger partial charge on any atom is 0.407 e. The number of nitrogens with zero attached hydrogens (tertiary/aromatic N) is 2. The van der Waals surface area contributed by atoms with E-state index in [0.717, 1.165) is 0 Å². The number of carbonyl (C=O) groups is 2. The molecule has 0 atom stereocenters. The molecule has 94 valence electrons. The van der Waals surface area contributed by atoms with Crippen molar-refractivity contribution in [1.29, 1.82) is 0 Å². The van der Waals surface area contributed by atoms with Crippen molar-refractivity contribution in [2.75, 3.05) is 13.1 Å². The average Bonchev–Trinajstić information content (AvgIpc) is 2.64. The monoisotopic (exact) mass is 248 g/mol. The standard InChI is InChI=1S/C12H12N2O4/c15-10-8-1-4-13-7-9(8)18-12(10)2-5-14(6-3-12)11(16)17/h1,4,7H,2-3,5-6H2,(H,16,17). The molecule has 1 saturated heterocycles. The van der Waals surface area contributed by atoms with Gasteiger partial charge in [-0.25, -0.2) is 4.79 Å². The lowest BCUT2D eigenvalue weighted by Crippen LogP contribution is -2.51. The average molecular weight is 248 g/mol. The Bertz CT molecular complexity index is 521. The third kappa shape index (κ3) is 1.45. The van der Waals surface area contributed by atoms with Crippen LogP contribution in [0.15, 0.2) is 18.5 Å². The molecular weight excluding hydrogens is 236 g/mol. The Hall–Kier alpha value is -2.11. The first-order valence-electron chi connectivity index (χ1n) is 5.78. The van der Waals surface area contributed by atoms with Gasteiger partial charge in [-0.15, -0.1) is 0 Å². The minimum Gasteiger partial charge on any atom is -0.477 e. The molecule has 0 bridgehead atoms. The molecule has 0 unspecified atom stereocenters. The molecule has 0 aromatic carbocycles. The Morgan fingerprint density at radius 1 is 1.44 bits per heavy atom. The van der Waals surface area contributed by atoms with Crippen LogP contribution in [0.4, 0.5) is 4.79 Å². The summed E-state index contributed by atoms with van der Waals surface area (Å²) >= 11 is 0. The van der Waals surface area contributed by atoms with Gasteiger partial charge in [-0.3, -0.25) is 9.78 Å². The molecule has 6 nitrogen and oxygen atoms in total. The fourth-order valence-electron chi connectivity index (χ4n) is 2.54. The summed E-state index contributed by atoms with van der Waals surface area (Å²) in [6, 6.07) is 1.65. The van der Waals surface area contributed by atoms with Gasteiger partial charge < -0.3 is 14.7 Å². The summed E-state index contributed by atoms with van der Waals surface area (Å²) in [6.07, 6.45) is 2.94. The van der Waals surface area contributed by atoms with E-state index in [1.54, 1.807) is 12.3 Å². The van der Waals surface area contributed by atoms with Crippen molar-refractivity contribution in [1.82, 2.24) is 9.88 Å². The Labute approximate surface area is 103 Å². The van der Waals surface area contributed by atoms with E-state index in [2.05, 4.69) is 4.98 Å². The van der Waals surface area contributed by atoms with Crippen LogP contribution in [0.1, 0.15) is 23.2 Å². The number of Topliss-reactive ketones (excluding diaryl/α,β-unsaturated/α-hetero) is 1. The number of fused-ring (bicyclic) bond motifs is 1. The molecular formula is C12H12N2O4. The summed E-state index contributed by atoms with van der Waals surface area (Å²) in [5, 5.41) is 8.90. The summed E-state index contributed by atoms with van der Waals surface area (Å²) in [7, 11) is 0. The van der Waals surface area contributed by atoms with Gasteiger partial charge >= 0.3 is 6.09 Å². The van der Waals surface area contributed by atoms with Crippen LogP contribution in [0.5, 0.6) is 5.75 Å².